The van der Waals surface area contributed by atoms with Gasteiger partial charge in [-0.2, -0.15) is 0 Å². The lowest BCUT2D eigenvalue weighted by Crippen LogP contribution is -2.37. The fraction of sp³-hybridized carbons (Fsp3) is 0.571. The second-order valence-electron chi connectivity index (χ2n) is 5.06. The van der Waals surface area contributed by atoms with E-state index in [0.717, 1.165) is 35.3 Å². The Hall–Kier alpha value is -0.410. The molecule has 1 saturated heterocycles. The topological polar surface area (TPSA) is 12.0 Å². The Kier molecular flexibility index (Phi) is 4.57. The number of hydrogen-bond donors (Lipinski definition) is 1. The van der Waals surface area contributed by atoms with Crippen LogP contribution in [0.5, 0.6) is 0 Å². The normalized spacial score (nSPS) is 24.9. The van der Waals surface area contributed by atoms with E-state index in [1.807, 2.05) is 12.1 Å². The van der Waals surface area contributed by atoms with E-state index in [1.54, 1.807) is 6.07 Å². The van der Waals surface area contributed by atoms with Gasteiger partial charge in [0.2, 0.25) is 0 Å². The van der Waals surface area contributed by atoms with Crippen LogP contribution in [0.3, 0.4) is 0 Å². The van der Waals surface area contributed by atoms with Crippen molar-refractivity contribution in [2.45, 2.75) is 38.6 Å². The average Bonchev–Trinajstić information content (AvgIpc) is 2.28. The molecule has 94 valence electrons. The summed E-state index contributed by atoms with van der Waals surface area (Å²) < 4.78 is 14.4. The third-order valence-corrected chi connectivity index (χ3v) is 4.03. The highest BCUT2D eigenvalue weighted by atomic mass is 79.9. The van der Waals surface area contributed by atoms with Crippen molar-refractivity contribution in [2.24, 2.45) is 5.92 Å². The van der Waals surface area contributed by atoms with Gasteiger partial charge in [0.05, 0.1) is 0 Å². The summed E-state index contributed by atoms with van der Waals surface area (Å²) >= 11 is 3.28. The fourth-order valence-electron chi connectivity index (χ4n) is 2.49. The second-order valence-corrected chi connectivity index (χ2v) is 5.97. The summed E-state index contributed by atoms with van der Waals surface area (Å²) in [6.07, 6.45) is 4.34. The molecule has 0 amide bonds. The molecule has 1 N–H and O–H groups in total. The Morgan fingerprint density at radius 1 is 1.47 bits per heavy atom. The highest BCUT2D eigenvalue weighted by Gasteiger charge is 2.18. The smallest absolute Gasteiger partial charge is 0.127 e. The average molecular weight is 300 g/mol. The molecule has 0 spiro atoms. The predicted octanol–water partition coefficient (Wildman–Crippen LogP) is 3.91. The number of aryl methyl sites for hydroxylation is 1. The first-order valence-electron chi connectivity index (χ1n) is 6.32. The maximum absolute atomic E-state index is 13.6. The number of halogens is 2. The monoisotopic (exact) mass is 299 g/mol. The Morgan fingerprint density at radius 2 is 2.29 bits per heavy atom. The molecule has 1 nitrogen and oxygen atoms in total. The van der Waals surface area contributed by atoms with E-state index >= 15 is 0 Å². The van der Waals surface area contributed by atoms with Crippen molar-refractivity contribution in [2.75, 3.05) is 6.54 Å². The fourth-order valence-corrected chi connectivity index (χ4v) is 2.83. The molecular weight excluding hydrogens is 281 g/mol. The highest BCUT2D eigenvalue weighted by Crippen LogP contribution is 2.21. The van der Waals surface area contributed by atoms with Gasteiger partial charge in [0, 0.05) is 10.5 Å². The van der Waals surface area contributed by atoms with Crippen LogP contribution in [-0.4, -0.2) is 12.6 Å². The number of piperidine rings is 1. The SMILES string of the molecule is CC1CCNC(CCc2ccc(Br)cc2F)C1. The summed E-state index contributed by atoms with van der Waals surface area (Å²) in [5.41, 5.74) is 0.827. The molecule has 0 radical (unpaired) electrons. The van der Waals surface area contributed by atoms with E-state index in [1.165, 1.54) is 12.8 Å². The van der Waals surface area contributed by atoms with Gasteiger partial charge in [0.25, 0.3) is 0 Å². The zero-order valence-corrected chi connectivity index (χ0v) is 11.8. The van der Waals surface area contributed by atoms with Gasteiger partial charge in [-0.05, 0) is 55.8 Å². The maximum Gasteiger partial charge on any atom is 0.127 e. The van der Waals surface area contributed by atoms with Crippen LogP contribution in [0.1, 0.15) is 31.7 Å². The summed E-state index contributed by atoms with van der Waals surface area (Å²) in [6, 6.07) is 5.90. The Morgan fingerprint density at radius 3 is 3.00 bits per heavy atom. The molecule has 17 heavy (non-hydrogen) atoms. The zero-order chi connectivity index (χ0) is 12.3. The first-order chi connectivity index (χ1) is 8.15. The van der Waals surface area contributed by atoms with Crippen LogP contribution in [0.2, 0.25) is 0 Å². The van der Waals surface area contributed by atoms with Crippen molar-refractivity contribution in [3.05, 3.63) is 34.1 Å². The summed E-state index contributed by atoms with van der Waals surface area (Å²) in [5, 5.41) is 3.52. The Balaban J connectivity index is 1.88. The van der Waals surface area contributed by atoms with Crippen molar-refractivity contribution >= 4 is 15.9 Å². The Labute approximate surface area is 111 Å². The van der Waals surface area contributed by atoms with Crippen molar-refractivity contribution in [1.82, 2.24) is 5.32 Å². The first-order valence-corrected chi connectivity index (χ1v) is 7.12. The molecule has 1 fully saturated rings. The quantitative estimate of drug-likeness (QED) is 0.892. The molecule has 1 aromatic rings. The van der Waals surface area contributed by atoms with Crippen molar-refractivity contribution in [3.8, 4) is 0 Å². The molecule has 1 aliphatic heterocycles. The minimum atomic E-state index is -0.0942. The molecule has 1 aromatic carbocycles. The number of rotatable bonds is 3. The van der Waals surface area contributed by atoms with Crippen molar-refractivity contribution in [3.63, 3.8) is 0 Å². The van der Waals surface area contributed by atoms with E-state index in [0.29, 0.717) is 6.04 Å². The number of benzene rings is 1. The summed E-state index contributed by atoms with van der Waals surface area (Å²) in [4.78, 5) is 0. The lowest BCUT2D eigenvalue weighted by Gasteiger charge is -2.28. The van der Waals surface area contributed by atoms with Crippen LogP contribution in [0.15, 0.2) is 22.7 Å². The lowest BCUT2D eigenvalue weighted by atomic mass is 9.91. The van der Waals surface area contributed by atoms with Gasteiger partial charge in [0.1, 0.15) is 5.82 Å². The third kappa shape index (κ3) is 3.78. The van der Waals surface area contributed by atoms with Crippen LogP contribution >= 0.6 is 15.9 Å². The van der Waals surface area contributed by atoms with Crippen LogP contribution in [-0.2, 0) is 6.42 Å². The van der Waals surface area contributed by atoms with Crippen molar-refractivity contribution in [1.29, 1.82) is 0 Å². The molecule has 2 unspecified atom stereocenters. The predicted molar refractivity (Wildman–Crippen MR) is 72.6 cm³/mol. The molecule has 0 aromatic heterocycles. The number of nitrogens with one attached hydrogen (secondary N) is 1. The lowest BCUT2D eigenvalue weighted by molar-refractivity contribution is 0.307. The standard InChI is InChI=1S/C14H19BrFN/c1-10-6-7-17-13(8-10)5-3-11-2-4-12(15)9-14(11)16/h2,4,9-10,13,17H,3,5-8H2,1H3. The molecule has 2 rings (SSSR count). The molecule has 0 aliphatic carbocycles. The first kappa shape index (κ1) is 13.0. The molecule has 0 bridgehead atoms. The van der Waals surface area contributed by atoms with Gasteiger partial charge in [-0.3, -0.25) is 0 Å². The van der Waals surface area contributed by atoms with Gasteiger partial charge >= 0.3 is 0 Å². The van der Waals surface area contributed by atoms with E-state index in [9.17, 15) is 4.39 Å². The number of hydrogen-bond acceptors (Lipinski definition) is 1. The van der Waals surface area contributed by atoms with Gasteiger partial charge in [-0.1, -0.05) is 28.9 Å². The molecular formula is C14H19BrFN. The largest absolute Gasteiger partial charge is 0.314 e. The molecule has 1 aliphatic rings. The van der Waals surface area contributed by atoms with Crippen LogP contribution in [0, 0.1) is 11.7 Å². The Bertz CT molecular complexity index is 380. The highest BCUT2D eigenvalue weighted by molar-refractivity contribution is 9.10. The zero-order valence-electron chi connectivity index (χ0n) is 10.2. The summed E-state index contributed by atoms with van der Waals surface area (Å²) in [5.74, 6) is 0.708. The third-order valence-electron chi connectivity index (χ3n) is 3.53. The maximum atomic E-state index is 13.6. The van der Waals surface area contributed by atoms with Crippen LogP contribution in [0.25, 0.3) is 0 Å². The van der Waals surface area contributed by atoms with Gasteiger partial charge in [-0.15, -0.1) is 0 Å². The van der Waals surface area contributed by atoms with E-state index < -0.39 is 0 Å². The molecule has 3 heteroatoms. The summed E-state index contributed by atoms with van der Waals surface area (Å²) in [7, 11) is 0. The second kappa shape index (κ2) is 5.96. The molecule has 2 atom stereocenters. The minimum absolute atomic E-state index is 0.0942. The van der Waals surface area contributed by atoms with Gasteiger partial charge in [0.15, 0.2) is 0 Å². The van der Waals surface area contributed by atoms with E-state index in [4.69, 9.17) is 0 Å². The molecule has 0 saturated carbocycles. The minimum Gasteiger partial charge on any atom is -0.314 e. The van der Waals surface area contributed by atoms with Crippen LogP contribution in [0.4, 0.5) is 4.39 Å². The molecule has 1 heterocycles. The summed E-state index contributed by atoms with van der Waals surface area (Å²) in [6.45, 7) is 3.41. The van der Waals surface area contributed by atoms with E-state index in [-0.39, 0.29) is 5.82 Å². The van der Waals surface area contributed by atoms with Crippen molar-refractivity contribution < 1.29 is 4.39 Å². The van der Waals surface area contributed by atoms with Crippen LogP contribution < -0.4 is 5.32 Å². The van der Waals surface area contributed by atoms with Gasteiger partial charge < -0.3 is 5.32 Å². The van der Waals surface area contributed by atoms with Gasteiger partial charge in [-0.25, -0.2) is 4.39 Å². The van der Waals surface area contributed by atoms with E-state index in [2.05, 4.69) is 28.2 Å².